The summed E-state index contributed by atoms with van der Waals surface area (Å²) in [5.74, 6) is -0.0540. The average Bonchev–Trinajstić information content (AvgIpc) is 2.39. The Morgan fingerprint density at radius 1 is 1.47 bits per heavy atom. The van der Waals surface area contributed by atoms with Crippen LogP contribution in [0.2, 0.25) is 0 Å². The molecule has 106 valence electrons. The van der Waals surface area contributed by atoms with Crippen molar-refractivity contribution in [1.29, 1.82) is 0 Å². The number of nitrogens with one attached hydrogen (secondary N) is 1. The van der Waals surface area contributed by atoms with Crippen LogP contribution in [0.3, 0.4) is 0 Å². The van der Waals surface area contributed by atoms with E-state index in [-0.39, 0.29) is 12.5 Å². The first-order chi connectivity index (χ1) is 9.08. The summed E-state index contributed by atoms with van der Waals surface area (Å²) in [5, 5.41) is 12.8. The molecule has 0 aliphatic heterocycles. The Kier molecular flexibility index (Phi) is 6.32. The van der Waals surface area contributed by atoms with Gasteiger partial charge in [-0.2, -0.15) is 0 Å². The number of hydrogen-bond donors (Lipinski definition) is 3. The van der Waals surface area contributed by atoms with Crippen LogP contribution in [0.5, 0.6) is 0 Å². The van der Waals surface area contributed by atoms with E-state index in [4.69, 9.17) is 5.73 Å². The van der Waals surface area contributed by atoms with E-state index in [0.717, 1.165) is 13.0 Å². The van der Waals surface area contributed by atoms with E-state index in [2.05, 4.69) is 5.32 Å². The molecule has 0 heterocycles. The number of likely N-dealkylation sites (N-methyl/N-ethyl adjacent to an activating group) is 1. The van der Waals surface area contributed by atoms with Crippen LogP contribution < -0.4 is 11.1 Å². The fraction of sp³-hybridized carbons (Fsp3) is 0.500. The molecule has 0 saturated heterocycles. The van der Waals surface area contributed by atoms with Gasteiger partial charge in [0.25, 0.3) is 0 Å². The molecule has 1 amide bonds. The van der Waals surface area contributed by atoms with E-state index in [1.54, 1.807) is 13.1 Å². The molecule has 1 unspecified atom stereocenters. The molecule has 4 N–H and O–H groups in total. The van der Waals surface area contributed by atoms with Gasteiger partial charge in [-0.3, -0.25) is 9.69 Å². The minimum Gasteiger partial charge on any atom is -0.398 e. The lowest BCUT2D eigenvalue weighted by atomic mass is 10.1. The molecule has 1 aromatic carbocycles. The standard InChI is InChI=1S/C14H23N3O2/c1-3-8-17(10-14(19)16-2)9-13(18)11-6-4-5-7-12(11)15/h4-7,13,18H,3,8-10,15H2,1-2H3,(H,16,19). The van der Waals surface area contributed by atoms with E-state index >= 15 is 0 Å². The van der Waals surface area contributed by atoms with Gasteiger partial charge in [0.2, 0.25) is 5.91 Å². The third-order valence-electron chi connectivity index (χ3n) is 2.97. The lowest BCUT2D eigenvalue weighted by Gasteiger charge is -2.24. The third-order valence-corrected chi connectivity index (χ3v) is 2.97. The van der Waals surface area contributed by atoms with Crippen molar-refractivity contribution >= 4 is 11.6 Å². The largest absolute Gasteiger partial charge is 0.398 e. The highest BCUT2D eigenvalue weighted by Gasteiger charge is 2.16. The smallest absolute Gasteiger partial charge is 0.233 e. The van der Waals surface area contributed by atoms with Gasteiger partial charge in [0.1, 0.15) is 0 Å². The third kappa shape index (κ3) is 4.89. The topological polar surface area (TPSA) is 78.6 Å². The van der Waals surface area contributed by atoms with Crippen LogP contribution in [0.4, 0.5) is 5.69 Å². The quantitative estimate of drug-likeness (QED) is 0.636. The summed E-state index contributed by atoms with van der Waals surface area (Å²) >= 11 is 0. The molecule has 0 aliphatic carbocycles. The summed E-state index contributed by atoms with van der Waals surface area (Å²) in [6.45, 7) is 3.49. The Balaban J connectivity index is 2.68. The minimum atomic E-state index is -0.683. The predicted molar refractivity (Wildman–Crippen MR) is 76.6 cm³/mol. The number of anilines is 1. The van der Waals surface area contributed by atoms with Crippen LogP contribution in [0, 0.1) is 0 Å². The minimum absolute atomic E-state index is 0.0540. The van der Waals surface area contributed by atoms with Gasteiger partial charge in [0.15, 0.2) is 0 Å². The SMILES string of the molecule is CCCN(CC(=O)NC)CC(O)c1ccccc1N. The molecule has 0 fully saturated rings. The number of nitrogen functional groups attached to an aromatic ring is 1. The second kappa shape index (κ2) is 7.76. The number of amides is 1. The lowest BCUT2D eigenvalue weighted by Crippen LogP contribution is -2.38. The van der Waals surface area contributed by atoms with Gasteiger partial charge in [0.05, 0.1) is 12.6 Å². The molecule has 5 heteroatoms. The van der Waals surface area contributed by atoms with Gasteiger partial charge in [-0.05, 0) is 19.0 Å². The molecule has 0 saturated carbocycles. The molecule has 19 heavy (non-hydrogen) atoms. The van der Waals surface area contributed by atoms with Crippen LogP contribution >= 0.6 is 0 Å². The van der Waals surface area contributed by atoms with Gasteiger partial charge >= 0.3 is 0 Å². The first kappa shape index (κ1) is 15.5. The van der Waals surface area contributed by atoms with Crippen molar-refractivity contribution in [2.45, 2.75) is 19.4 Å². The van der Waals surface area contributed by atoms with Crippen molar-refractivity contribution < 1.29 is 9.90 Å². The number of aliphatic hydroxyl groups is 1. The number of benzene rings is 1. The summed E-state index contributed by atoms with van der Waals surface area (Å²) in [6, 6.07) is 7.25. The van der Waals surface area contributed by atoms with E-state index in [1.807, 2.05) is 30.0 Å². The maximum Gasteiger partial charge on any atom is 0.233 e. The second-order valence-electron chi connectivity index (χ2n) is 4.55. The normalized spacial score (nSPS) is 12.4. The highest BCUT2D eigenvalue weighted by atomic mass is 16.3. The van der Waals surface area contributed by atoms with Crippen molar-refractivity contribution in [1.82, 2.24) is 10.2 Å². The van der Waals surface area contributed by atoms with E-state index in [1.165, 1.54) is 0 Å². The summed E-state index contributed by atoms with van der Waals surface area (Å²) in [5.41, 5.74) is 7.12. The van der Waals surface area contributed by atoms with Crippen molar-refractivity contribution in [3.63, 3.8) is 0 Å². The highest BCUT2D eigenvalue weighted by Crippen LogP contribution is 2.20. The molecular formula is C14H23N3O2. The first-order valence-corrected chi connectivity index (χ1v) is 6.53. The van der Waals surface area contributed by atoms with Crippen molar-refractivity contribution in [3.8, 4) is 0 Å². The number of rotatable bonds is 7. The molecule has 1 atom stereocenters. The number of aliphatic hydroxyl groups excluding tert-OH is 1. The van der Waals surface area contributed by atoms with Crippen molar-refractivity contribution in [3.05, 3.63) is 29.8 Å². The zero-order chi connectivity index (χ0) is 14.3. The van der Waals surface area contributed by atoms with Crippen LogP contribution in [0.15, 0.2) is 24.3 Å². The number of carbonyl (C=O) groups excluding carboxylic acids is 1. The predicted octanol–water partition coefficient (Wildman–Crippen LogP) is 0.760. The number of nitrogens with two attached hydrogens (primary N) is 1. The molecule has 5 nitrogen and oxygen atoms in total. The van der Waals surface area contributed by atoms with Gasteiger partial charge in [-0.1, -0.05) is 25.1 Å². The molecule has 0 bridgehead atoms. The Morgan fingerprint density at radius 2 is 2.16 bits per heavy atom. The summed E-state index contributed by atoms with van der Waals surface area (Å²) in [4.78, 5) is 13.3. The Hall–Kier alpha value is -1.59. The van der Waals surface area contributed by atoms with Gasteiger partial charge < -0.3 is 16.2 Å². The Morgan fingerprint density at radius 3 is 2.74 bits per heavy atom. The number of para-hydroxylation sites is 1. The zero-order valence-electron chi connectivity index (χ0n) is 11.6. The molecule has 0 aliphatic rings. The summed E-state index contributed by atoms with van der Waals surface area (Å²) in [6.07, 6.45) is 0.242. The van der Waals surface area contributed by atoms with Gasteiger partial charge in [-0.25, -0.2) is 0 Å². The molecule has 0 aromatic heterocycles. The molecular weight excluding hydrogens is 242 g/mol. The second-order valence-corrected chi connectivity index (χ2v) is 4.55. The summed E-state index contributed by atoms with van der Waals surface area (Å²) < 4.78 is 0. The zero-order valence-corrected chi connectivity index (χ0v) is 11.6. The van der Waals surface area contributed by atoms with Crippen LogP contribution in [0.25, 0.3) is 0 Å². The van der Waals surface area contributed by atoms with E-state index < -0.39 is 6.10 Å². The average molecular weight is 265 g/mol. The van der Waals surface area contributed by atoms with Crippen LogP contribution in [-0.2, 0) is 4.79 Å². The summed E-state index contributed by atoms with van der Waals surface area (Å²) in [7, 11) is 1.61. The fourth-order valence-electron chi connectivity index (χ4n) is 1.99. The maximum atomic E-state index is 11.4. The molecule has 1 aromatic rings. The molecule has 0 radical (unpaired) electrons. The maximum absolute atomic E-state index is 11.4. The fourth-order valence-corrected chi connectivity index (χ4v) is 1.99. The number of hydrogen-bond acceptors (Lipinski definition) is 4. The van der Waals surface area contributed by atoms with Gasteiger partial charge in [-0.15, -0.1) is 0 Å². The van der Waals surface area contributed by atoms with Gasteiger partial charge in [0, 0.05) is 24.8 Å². The van der Waals surface area contributed by atoms with E-state index in [0.29, 0.717) is 17.8 Å². The first-order valence-electron chi connectivity index (χ1n) is 6.53. The van der Waals surface area contributed by atoms with Crippen LogP contribution in [0.1, 0.15) is 25.0 Å². The Labute approximate surface area is 114 Å². The molecule has 0 spiro atoms. The number of carbonyl (C=O) groups is 1. The van der Waals surface area contributed by atoms with Crippen molar-refractivity contribution in [2.75, 3.05) is 32.4 Å². The van der Waals surface area contributed by atoms with Crippen LogP contribution in [-0.4, -0.2) is 42.6 Å². The lowest BCUT2D eigenvalue weighted by molar-refractivity contribution is -0.122. The number of nitrogens with zero attached hydrogens (tertiary/aromatic N) is 1. The molecule has 1 rings (SSSR count). The monoisotopic (exact) mass is 265 g/mol. The highest BCUT2D eigenvalue weighted by molar-refractivity contribution is 5.77. The van der Waals surface area contributed by atoms with Crippen molar-refractivity contribution in [2.24, 2.45) is 0 Å². The van der Waals surface area contributed by atoms with E-state index in [9.17, 15) is 9.90 Å². The Bertz CT molecular complexity index is 409.